The summed E-state index contributed by atoms with van der Waals surface area (Å²) in [5.74, 6) is 1.77. The predicted octanol–water partition coefficient (Wildman–Crippen LogP) is 2.85. The molecule has 2 aliphatic rings. The lowest BCUT2D eigenvalue weighted by Crippen LogP contribution is -1.96. The van der Waals surface area contributed by atoms with Crippen LogP contribution >= 0.6 is 0 Å². The molecule has 0 aromatic heterocycles. The minimum Gasteiger partial charge on any atom is -0.0613 e. The van der Waals surface area contributed by atoms with Gasteiger partial charge < -0.3 is 0 Å². The van der Waals surface area contributed by atoms with E-state index in [0.717, 1.165) is 11.8 Å². The van der Waals surface area contributed by atoms with Crippen LogP contribution in [0.5, 0.6) is 0 Å². The summed E-state index contributed by atoms with van der Waals surface area (Å²) in [7, 11) is 0. The van der Waals surface area contributed by atoms with Crippen molar-refractivity contribution in [3.63, 3.8) is 0 Å². The van der Waals surface area contributed by atoms with Crippen molar-refractivity contribution in [3.05, 3.63) is 35.4 Å². The first-order valence-electron chi connectivity index (χ1n) is 4.45. The lowest BCUT2D eigenvalue weighted by molar-refractivity contribution is 0.716. The molecule has 0 nitrogen and oxygen atoms in total. The smallest absolute Gasteiger partial charge is 0.0143 e. The normalized spacial score (nSPS) is 32.4. The Kier molecular flexibility index (Phi) is 0.993. The summed E-state index contributed by atoms with van der Waals surface area (Å²) >= 11 is 0. The molecule has 0 spiro atoms. The second-order valence-corrected chi connectivity index (χ2v) is 3.75. The Hall–Kier alpha value is -0.780. The maximum atomic E-state index is 3.38. The van der Waals surface area contributed by atoms with Crippen LogP contribution in [0.1, 0.15) is 42.2 Å². The minimum absolute atomic E-state index is 0.871. The van der Waals surface area contributed by atoms with Crippen LogP contribution < -0.4 is 0 Å². The number of benzene rings is 1. The fraction of sp³-hybridized carbons (Fsp3) is 0.455. The number of hydrogen-bond acceptors (Lipinski definition) is 0. The molecule has 55 valence electrons. The Labute approximate surface area is 67.2 Å². The molecule has 0 heteroatoms. The molecular weight excluding hydrogens is 132 g/mol. The van der Waals surface area contributed by atoms with Crippen molar-refractivity contribution in [1.29, 1.82) is 0 Å². The van der Waals surface area contributed by atoms with Gasteiger partial charge in [-0.05, 0) is 48.3 Å². The molecule has 1 radical (unpaired) electrons. The lowest BCUT2D eigenvalue weighted by atomic mass is 9.92. The third kappa shape index (κ3) is 0.649. The van der Waals surface area contributed by atoms with Crippen molar-refractivity contribution in [2.45, 2.75) is 31.1 Å². The SMILES string of the molecule is [c]1cccc2c1C1CCC2C1. The van der Waals surface area contributed by atoms with Crippen LogP contribution in [0.25, 0.3) is 0 Å². The van der Waals surface area contributed by atoms with Crippen LogP contribution in [0, 0.1) is 6.07 Å². The molecule has 0 aliphatic heterocycles. The van der Waals surface area contributed by atoms with Gasteiger partial charge in [0.2, 0.25) is 0 Å². The van der Waals surface area contributed by atoms with E-state index in [9.17, 15) is 0 Å². The quantitative estimate of drug-likeness (QED) is 0.524. The highest BCUT2D eigenvalue weighted by molar-refractivity contribution is 5.39. The molecule has 3 rings (SSSR count). The first-order valence-corrected chi connectivity index (χ1v) is 4.45. The minimum atomic E-state index is 0.871. The molecule has 0 saturated heterocycles. The first kappa shape index (κ1) is 5.82. The summed E-state index contributed by atoms with van der Waals surface area (Å²) in [6, 6.07) is 9.85. The van der Waals surface area contributed by atoms with Gasteiger partial charge in [-0.2, -0.15) is 0 Å². The molecule has 0 N–H and O–H groups in total. The van der Waals surface area contributed by atoms with Gasteiger partial charge in [0, 0.05) is 0 Å². The summed E-state index contributed by atoms with van der Waals surface area (Å²) in [5.41, 5.74) is 3.13. The Bertz CT molecular complexity index is 259. The number of fused-ring (bicyclic) bond motifs is 5. The predicted molar refractivity (Wildman–Crippen MR) is 44.6 cm³/mol. The fourth-order valence-electron chi connectivity index (χ4n) is 2.70. The summed E-state index contributed by atoms with van der Waals surface area (Å²) < 4.78 is 0. The van der Waals surface area contributed by atoms with Crippen molar-refractivity contribution in [3.8, 4) is 0 Å². The highest BCUT2D eigenvalue weighted by Crippen LogP contribution is 2.52. The van der Waals surface area contributed by atoms with E-state index in [1.165, 1.54) is 24.8 Å². The molecule has 1 aromatic rings. The molecule has 2 atom stereocenters. The Morgan fingerprint density at radius 1 is 1.27 bits per heavy atom. The maximum Gasteiger partial charge on any atom is -0.0143 e. The highest BCUT2D eigenvalue weighted by atomic mass is 14.4. The van der Waals surface area contributed by atoms with E-state index in [4.69, 9.17) is 0 Å². The topological polar surface area (TPSA) is 0 Å². The molecule has 1 fully saturated rings. The van der Waals surface area contributed by atoms with Crippen molar-refractivity contribution in [1.82, 2.24) is 0 Å². The van der Waals surface area contributed by atoms with Crippen LogP contribution in [-0.2, 0) is 0 Å². The largest absolute Gasteiger partial charge is 0.0613 e. The second kappa shape index (κ2) is 1.88. The fourth-order valence-corrected chi connectivity index (χ4v) is 2.70. The molecule has 2 bridgehead atoms. The van der Waals surface area contributed by atoms with Crippen LogP contribution in [0.2, 0.25) is 0 Å². The zero-order valence-corrected chi connectivity index (χ0v) is 6.51. The highest BCUT2D eigenvalue weighted by Gasteiger charge is 2.36. The summed E-state index contributed by atoms with van der Waals surface area (Å²) in [6.07, 6.45) is 4.25. The van der Waals surface area contributed by atoms with Crippen LogP contribution in [0.15, 0.2) is 18.2 Å². The average molecular weight is 143 g/mol. The molecule has 2 aliphatic carbocycles. The van der Waals surface area contributed by atoms with Gasteiger partial charge in [0.1, 0.15) is 0 Å². The van der Waals surface area contributed by atoms with Gasteiger partial charge in [-0.3, -0.25) is 0 Å². The number of rotatable bonds is 0. The maximum absolute atomic E-state index is 3.38. The summed E-state index contributed by atoms with van der Waals surface area (Å²) in [5, 5.41) is 0. The number of hydrogen-bond donors (Lipinski definition) is 0. The van der Waals surface area contributed by atoms with Crippen molar-refractivity contribution in [2.75, 3.05) is 0 Å². The Morgan fingerprint density at radius 3 is 3.09 bits per heavy atom. The van der Waals surface area contributed by atoms with Gasteiger partial charge in [-0.25, -0.2) is 0 Å². The van der Waals surface area contributed by atoms with E-state index < -0.39 is 0 Å². The monoisotopic (exact) mass is 143 g/mol. The van der Waals surface area contributed by atoms with E-state index in [2.05, 4.69) is 24.3 Å². The lowest BCUT2D eigenvalue weighted by Gasteiger charge is -2.12. The molecule has 0 amide bonds. The Morgan fingerprint density at radius 2 is 2.18 bits per heavy atom. The molecule has 1 aromatic carbocycles. The van der Waals surface area contributed by atoms with E-state index in [-0.39, 0.29) is 0 Å². The third-order valence-electron chi connectivity index (χ3n) is 3.20. The zero-order chi connectivity index (χ0) is 7.26. The summed E-state index contributed by atoms with van der Waals surface area (Å²) in [6.45, 7) is 0. The molecule has 2 unspecified atom stereocenters. The van der Waals surface area contributed by atoms with E-state index in [1.54, 1.807) is 5.56 Å². The van der Waals surface area contributed by atoms with Crippen molar-refractivity contribution in [2.24, 2.45) is 0 Å². The molecular formula is C11H11. The summed E-state index contributed by atoms with van der Waals surface area (Å²) in [4.78, 5) is 0. The molecule has 11 heavy (non-hydrogen) atoms. The van der Waals surface area contributed by atoms with E-state index >= 15 is 0 Å². The van der Waals surface area contributed by atoms with Crippen molar-refractivity contribution < 1.29 is 0 Å². The van der Waals surface area contributed by atoms with Crippen molar-refractivity contribution >= 4 is 0 Å². The molecule has 1 saturated carbocycles. The van der Waals surface area contributed by atoms with Gasteiger partial charge >= 0.3 is 0 Å². The van der Waals surface area contributed by atoms with Gasteiger partial charge in [0.15, 0.2) is 0 Å². The van der Waals surface area contributed by atoms with Gasteiger partial charge in [0.25, 0.3) is 0 Å². The Balaban J connectivity index is 2.23. The zero-order valence-electron chi connectivity index (χ0n) is 6.51. The first-order chi connectivity index (χ1) is 5.45. The second-order valence-electron chi connectivity index (χ2n) is 3.75. The standard InChI is InChI=1S/C11H11/c1-2-4-11-9-6-5-8(7-9)10(11)3-1/h1-3,8-9H,5-7H2. The third-order valence-corrected chi connectivity index (χ3v) is 3.20. The van der Waals surface area contributed by atoms with Crippen LogP contribution in [0.4, 0.5) is 0 Å². The average Bonchev–Trinajstić information content (AvgIpc) is 2.64. The van der Waals surface area contributed by atoms with Crippen LogP contribution in [-0.4, -0.2) is 0 Å². The van der Waals surface area contributed by atoms with E-state index in [0.29, 0.717) is 0 Å². The van der Waals surface area contributed by atoms with Gasteiger partial charge in [-0.1, -0.05) is 18.2 Å². The van der Waals surface area contributed by atoms with Gasteiger partial charge in [-0.15, -0.1) is 0 Å². The van der Waals surface area contributed by atoms with Gasteiger partial charge in [0.05, 0.1) is 0 Å². The molecule has 0 heterocycles. The van der Waals surface area contributed by atoms with Crippen LogP contribution in [0.3, 0.4) is 0 Å². The van der Waals surface area contributed by atoms with E-state index in [1.807, 2.05) is 0 Å².